The Bertz CT molecular complexity index is 475. The van der Waals surface area contributed by atoms with E-state index in [2.05, 4.69) is 16.4 Å². The summed E-state index contributed by atoms with van der Waals surface area (Å²) >= 11 is 0. The Morgan fingerprint density at radius 3 is 2.89 bits per heavy atom. The fourth-order valence-corrected chi connectivity index (χ4v) is 1.87. The molecule has 0 fully saturated rings. The molecule has 1 amide bonds. The number of nitrogens with zero attached hydrogens (tertiary/aromatic N) is 2. The number of carbonyl (C=O) groups excluding carboxylic acids is 1. The molecule has 1 aromatic heterocycles. The standard InChI is InChI=1S/C13H20N4O2/c1-4-17(7-9(2)6-14)8-11-5-10(3)12(19-11)13(18)16-15/h5,9H,4,7-8,15H2,1-3H3,(H,16,18). The molecule has 0 aromatic carbocycles. The highest BCUT2D eigenvalue weighted by Crippen LogP contribution is 2.16. The quantitative estimate of drug-likeness (QED) is 0.457. The molecule has 1 heterocycles. The molecule has 3 N–H and O–H groups in total. The highest BCUT2D eigenvalue weighted by molar-refractivity contribution is 5.92. The topological polar surface area (TPSA) is 95.3 Å². The van der Waals surface area contributed by atoms with Crippen LogP contribution in [-0.2, 0) is 6.54 Å². The lowest BCUT2D eigenvalue weighted by Crippen LogP contribution is -2.30. The lowest BCUT2D eigenvalue weighted by molar-refractivity contribution is 0.0921. The number of hydrogen-bond donors (Lipinski definition) is 2. The summed E-state index contributed by atoms with van der Waals surface area (Å²) in [6, 6.07) is 4.03. The van der Waals surface area contributed by atoms with Gasteiger partial charge in [0.1, 0.15) is 5.76 Å². The van der Waals surface area contributed by atoms with Gasteiger partial charge in [-0.25, -0.2) is 5.84 Å². The van der Waals surface area contributed by atoms with Gasteiger partial charge in [0.2, 0.25) is 0 Å². The highest BCUT2D eigenvalue weighted by Gasteiger charge is 2.16. The summed E-state index contributed by atoms with van der Waals surface area (Å²) in [5.74, 6) is 5.55. The van der Waals surface area contributed by atoms with E-state index in [9.17, 15) is 4.79 Å². The van der Waals surface area contributed by atoms with Crippen LogP contribution in [0.15, 0.2) is 10.5 Å². The van der Waals surface area contributed by atoms with Crippen molar-refractivity contribution in [3.8, 4) is 6.07 Å². The molecule has 0 bridgehead atoms. The van der Waals surface area contributed by atoms with Crippen LogP contribution in [-0.4, -0.2) is 23.9 Å². The first-order chi connectivity index (χ1) is 9.01. The lowest BCUT2D eigenvalue weighted by Gasteiger charge is -2.19. The number of nitrogen functional groups attached to an aromatic ring is 1. The van der Waals surface area contributed by atoms with E-state index in [0.29, 0.717) is 18.8 Å². The Hall–Kier alpha value is -1.84. The van der Waals surface area contributed by atoms with Crippen LogP contribution in [0.5, 0.6) is 0 Å². The molecule has 0 aliphatic carbocycles. The smallest absolute Gasteiger partial charge is 0.301 e. The largest absolute Gasteiger partial charge is 0.454 e. The summed E-state index contributed by atoms with van der Waals surface area (Å²) in [5.41, 5.74) is 2.81. The van der Waals surface area contributed by atoms with Crippen LogP contribution in [0.2, 0.25) is 0 Å². The zero-order valence-electron chi connectivity index (χ0n) is 11.6. The molecule has 0 aliphatic rings. The van der Waals surface area contributed by atoms with Crippen molar-refractivity contribution < 1.29 is 9.21 Å². The van der Waals surface area contributed by atoms with Crippen molar-refractivity contribution in [3.63, 3.8) is 0 Å². The van der Waals surface area contributed by atoms with E-state index >= 15 is 0 Å². The number of hydrogen-bond acceptors (Lipinski definition) is 5. The Labute approximate surface area is 113 Å². The third-order valence-corrected chi connectivity index (χ3v) is 2.89. The molecule has 0 saturated carbocycles. The Morgan fingerprint density at radius 1 is 1.68 bits per heavy atom. The molecule has 104 valence electrons. The number of nitrogens with one attached hydrogen (secondary N) is 1. The summed E-state index contributed by atoms with van der Waals surface area (Å²) in [6.45, 7) is 7.75. The molecule has 0 aliphatic heterocycles. The van der Waals surface area contributed by atoms with Crippen LogP contribution in [0, 0.1) is 24.2 Å². The minimum atomic E-state index is -0.433. The van der Waals surface area contributed by atoms with Gasteiger partial charge in [0, 0.05) is 12.1 Å². The number of nitriles is 1. The van der Waals surface area contributed by atoms with Gasteiger partial charge in [-0.05, 0) is 26.5 Å². The number of carbonyl (C=O) groups is 1. The van der Waals surface area contributed by atoms with Gasteiger partial charge in [0.05, 0.1) is 18.5 Å². The van der Waals surface area contributed by atoms with Crippen molar-refractivity contribution in [1.29, 1.82) is 5.26 Å². The SMILES string of the molecule is CCN(Cc1cc(C)c(C(=O)NN)o1)CC(C)C#N. The molecular formula is C13H20N4O2. The molecule has 0 saturated heterocycles. The average Bonchev–Trinajstić information content (AvgIpc) is 2.77. The second kappa shape index (κ2) is 6.92. The number of rotatable bonds is 6. The molecule has 1 atom stereocenters. The van der Waals surface area contributed by atoms with Crippen molar-refractivity contribution in [2.75, 3.05) is 13.1 Å². The normalized spacial score (nSPS) is 12.2. The van der Waals surface area contributed by atoms with Gasteiger partial charge < -0.3 is 4.42 Å². The zero-order valence-corrected chi connectivity index (χ0v) is 11.6. The first kappa shape index (κ1) is 15.2. The van der Waals surface area contributed by atoms with Crippen molar-refractivity contribution in [2.45, 2.75) is 27.3 Å². The summed E-state index contributed by atoms with van der Waals surface area (Å²) in [5, 5.41) is 8.83. The van der Waals surface area contributed by atoms with Crippen molar-refractivity contribution in [2.24, 2.45) is 11.8 Å². The van der Waals surface area contributed by atoms with E-state index in [4.69, 9.17) is 15.5 Å². The number of furan rings is 1. The fraction of sp³-hybridized carbons (Fsp3) is 0.538. The van der Waals surface area contributed by atoms with Crippen LogP contribution < -0.4 is 11.3 Å². The Morgan fingerprint density at radius 2 is 2.37 bits per heavy atom. The van der Waals surface area contributed by atoms with E-state index in [1.54, 1.807) is 6.92 Å². The maximum atomic E-state index is 11.4. The van der Waals surface area contributed by atoms with Crippen molar-refractivity contribution >= 4 is 5.91 Å². The summed E-state index contributed by atoms with van der Waals surface area (Å²) in [7, 11) is 0. The summed E-state index contributed by atoms with van der Waals surface area (Å²) in [4.78, 5) is 13.5. The van der Waals surface area contributed by atoms with E-state index in [1.807, 2.05) is 19.9 Å². The van der Waals surface area contributed by atoms with Crippen LogP contribution >= 0.6 is 0 Å². The molecule has 1 aromatic rings. The molecule has 0 spiro atoms. The van der Waals surface area contributed by atoms with E-state index < -0.39 is 5.91 Å². The predicted octanol–water partition coefficient (Wildman–Crippen LogP) is 1.17. The van der Waals surface area contributed by atoms with E-state index in [0.717, 1.165) is 12.1 Å². The van der Waals surface area contributed by atoms with Crippen LogP contribution in [0.3, 0.4) is 0 Å². The maximum absolute atomic E-state index is 11.4. The molecule has 6 nitrogen and oxygen atoms in total. The first-order valence-corrected chi connectivity index (χ1v) is 6.24. The monoisotopic (exact) mass is 264 g/mol. The third-order valence-electron chi connectivity index (χ3n) is 2.89. The number of amides is 1. The third kappa shape index (κ3) is 4.09. The number of nitrogens with two attached hydrogens (primary N) is 1. The predicted molar refractivity (Wildman–Crippen MR) is 70.8 cm³/mol. The van der Waals surface area contributed by atoms with Gasteiger partial charge in [-0.1, -0.05) is 6.92 Å². The highest BCUT2D eigenvalue weighted by atomic mass is 16.4. The van der Waals surface area contributed by atoms with Gasteiger partial charge >= 0.3 is 5.91 Å². The molecule has 19 heavy (non-hydrogen) atoms. The van der Waals surface area contributed by atoms with Gasteiger partial charge in [0.15, 0.2) is 5.76 Å². The number of hydrazine groups is 1. The Kier molecular flexibility index (Phi) is 5.55. The molecule has 1 unspecified atom stereocenters. The molecule has 1 rings (SSSR count). The van der Waals surface area contributed by atoms with Gasteiger partial charge in [-0.3, -0.25) is 15.1 Å². The second-order valence-electron chi connectivity index (χ2n) is 4.56. The number of aryl methyl sites for hydroxylation is 1. The van der Waals surface area contributed by atoms with Gasteiger partial charge in [0.25, 0.3) is 0 Å². The summed E-state index contributed by atoms with van der Waals surface area (Å²) in [6.07, 6.45) is 0. The lowest BCUT2D eigenvalue weighted by atomic mass is 10.2. The van der Waals surface area contributed by atoms with Crippen LogP contribution in [0.25, 0.3) is 0 Å². The average molecular weight is 264 g/mol. The van der Waals surface area contributed by atoms with E-state index in [1.165, 1.54) is 0 Å². The van der Waals surface area contributed by atoms with Crippen LogP contribution in [0.4, 0.5) is 0 Å². The van der Waals surface area contributed by atoms with Crippen LogP contribution in [0.1, 0.15) is 35.7 Å². The minimum absolute atomic E-state index is 0.0391. The van der Waals surface area contributed by atoms with Crippen molar-refractivity contribution in [1.82, 2.24) is 10.3 Å². The fourth-order valence-electron chi connectivity index (χ4n) is 1.87. The van der Waals surface area contributed by atoms with Gasteiger partial charge in [-0.15, -0.1) is 0 Å². The first-order valence-electron chi connectivity index (χ1n) is 6.24. The maximum Gasteiger partial charge on any atom is 0.301 e. The minimum Gasteiger partial charge on any atom is -0.454 e. The second-order valence-corrected chi connectivity index (χ2v) is 4.56. The van der Waals surface area contributed by atoms with Gasteiger partial charge in [-0.2, -0.15) is 5.26 Å². The Balaban J connectivity index is 2.76. The molecule has 0 radical (unpaired) electrons. The summed E-state index contributed by atoms with van der Waals surface area (Å²) < 4.78 is 5.50. The molecular weight excluding hydrogens is 244 g/mol. The zero-order chi connectivity index (χ0) is 14.4. The van der Waals surface area contributed by atoms with Crippen molar-refractivity contribution in [3.05, 3.63) is 23.2 Å². The molecule has 6 heteroatoms. The van der Waals surface area contributed by atoms with E-state index in [-0.39, 0.29) is 11.7 Å².